The van der Waals surface area contributed by atoms with Gasteiger partial charge in [-0.2, -0.15) is 5.10 Å². The standard InChI is InChI=1S/C18H21BrN2O2/c19-17-13-10-20-21(15-3-1-2-8-23-15)14(13)9-11-6-7-18(22,16(11)17)12-4-5-12/h9-10,12,15,22H,1-8H2. The molecular formula is C18H21BrN2O2. The third-order valence-electron chi connectivity index (χ3n) is 5.81. The summed E-state index contributed by atoms with van der Waals surface area (Å²) in [4.78, 5) is 0. The molecule has 1 saturated heterocycles. The van der Waals surface area contributed by atoms with Crippen molar-refractivity contribution in [2.75, 3.05) is 6.61 Å². The summed E-state index contributed by atoms with van der Waals surface area (Å²) in [6.07, 6.45) is 9.43. The van der Waals surface area contributed by atoms with Crippen molar-refractivity contribution in [1.82, 2.24) is 9.78 Å². The Kier molecular flexibility index (Phi) is 3.16. The van der Waals surface area contributed by atoms with E-state index in [0.717, 1.165) is 66.1 Å². The third-order valence-corrected chi connectivity index (χ3v) is 6.64. The molecule has 1 aliphatic heterocycles. The van der Waals surface area contributed by atoms with Gasteiger partial charge in [-0.1, -0.05) is 0 Å². The number of aryl methyl sites for hydroxylation is 1. The van der Waals surface area contributed by atoms with Crippen LogP contribution < -0.4 is 0 Å². The van der Waals surface area contributed by atoms with Crippen LogP contribution in [0.5, 0.6) is 0 Å². The van der Waals surface area contributed by atoms with Gasteiger partial charge in [-0.15, -0.1) is 0 Å². The molecular weight excluding hydrogens is 356 g/mol. The van der Waals surface area contributed by atoms with E-state index in [1.165, 1.54) is 12.0 Å². The van der Waals surface area contributed by atoms with Gasteiger partial charge in [-0.3, -0.25) is 0 Å². The molecule has 2 heterocycles. The van der Waals surface area contributed by atoms with E-state index >= 15 is 0 Å². The summed E-state index contributed by atoms with van der Waals surface area (Å²) in [5.41, 5.74) is 2.89. The average Bonchev–Trinajstić information content (AvgIpc) is 3.26. The zero-order valence-electron chi connectivity index (χ0n) is 13.1. The first-order valence-corrected chi connectivity index (χ1v) is 9.51. The first-order valence-electron chi connectivity index (χ1n) is 8.71. The van der Waals surface area contributed by atoms with E-state index in [1.807, 2.05) is 10.9 Å². The van der Waals surface area contributed by atoms with E-state index < -0.39 is 5.60 Å². The Balaban J connectivity index is 1.66. The molecule has 122 valence electrons. The molecule has 1 aromatic carbocycles. The van der Waals surface area contributed by atoms with Crippen LogP contribution in [0.25, 0.3) is 10.9 Å². The van der Waals surface area contributed by atoms with Gasteiger partial charge in [0.25, 0.3) is 0 Å². The summed E-state index contributed by atoms with van der Waals surface area (Å²) >= 11 is 3.79. The van der Waals surface area contributed by atoms with Crippen LogP contribution in [0.4, 0.5) is 0 Å². The zero-order valence-corrected chi connectivity index (χ0v) is 14.7. The lowest BCUT2D eigenvalue weighted by Crippen LogP contribution is -2.25. The van der Waals surface area contributed by atoms with E-state index in [1.54, 1.807) is 0 Å². The van der Waals surface area contributed by atoms with Crippen molar-refractivity contribution >= 4 is 26.8 Å². The predicted octanol–water partition coefficient (Wildman–Crippen LogP) is 4.04. The lowest BCUT2D eigenvalue weighted by molar-refractivity contribution is -0.0366. The number of halogens is 1. The Labute approximate surface area is 143 Å². The molecule has 0 bridgehead atoms. The van der Waals surface area contributed by atoms with Gasteiger partial charge in [-0.05, 0) is 78.4 Å². The van der Waals surface area contributed by atoms with Gasteiger partial charge in [-0.25, -0.2) is 4.68 Å². The van der Waals surface area contributed by atoms with Gasteiger partial charge < -0.3 is 9.84 Å². The van der Waals surface area contributed by atoms with Crippen molar-refractivity contribution in [3.63, 3.8) is 0 Å². The maximum Gasteiger partial charge on any atom is 0.150 e. The minimum atomic E-state index is -0.633. The van der Waals surface area contributed by atoms with Gasteiger partial charge in [0.05, 0.1) is 17.3 Å². The minimum absolute atomic E-state index is 0.0509. The number of fused-ring (bicyclic) bond motifs is 2. The molecule has 2 aliphatic carbocycles. The summed E-state index contributed by atoms with van der Waals surface area (Å²) in [6, 6.07) is 2.24. The van der Waals surface area contributed by atoms with Crippen LogP contribution in [0.15, 0.2) is 16.7 Å². The van der Waals surface area contributed by atoms with E-state index in [-0.39, 0.29) is 6.23 Å². The molecule has 1 saturated carbocycles. The normalized spacial score (nSPS) is 30.8. The summed E-state index contributed by atoms with van der Waals surface area (Å²) in [5, 5.41) is 16.9. The average molecular weight is 377 g/mol. The summed E-state index contributed by atoms with van der Waals surface area (Å²) < 4.78 is 8.99. The van der Waals surface area contributed by atoms with Crippen LogP contribution in [0.3, 0.4) is 0 Å². The van der Waals surface area contributed by atoms with Crippen molar-refractivity contribution in [1.29, 1.82) is 0 Å². The van der Waals surface area contributed by atoms with E-state index in [9.17, 15) is 5.11 Å². The SMILES string of the molecule is OC1(C2CC2)CCc2cc3c(cnn3C3CCCCO3)c(Br)c21. The quantitative estimate of drug-likeness (QED) is 0.859. The fraction of sp³-hybridized carbons (Fsp3) is 0.611. The molecule has 0 radical (unpaired) electrons. The highest BCUT2D eigenvalue weighted by atomic mass is 79.9. The van der Waals surface area contributed by atoms with Gasteiger partial charge in [0.2, 0.25) is 0 Å². The molecule has 2 aromatic rings. The lowest BCUT2D eigenvalue weighted by Gasteiger charge is -2.26. The molecule has 0 amide bonds. The Morgan fingerprint density at radius 3 is 2.91 bits per heavy atom. The van der Waals surface area contributed by atoms with Gasteiger partial charge in [0.1, 0.15) is 0 Å². The second-order valence-electron chi connectivity index (χ2n) is 7.27. The Morgan fingerprint density at radius 2 is 2.17 bits per heavy atom. The summed E-state index contributed by atoms with van der Waals surface area (Å²) in [5.74, 6) is 0.439. The third kappa shape index (κ3) is 2.06. The van der Waals surface area contributed by atoms with Crippen molar-refractivity contribution < 1.29 is 9.84 Å². The predicted molar refractivity (Wildman–Crippen MR) is 91.2 cm³/mol. The molecule has 4 nitrogen and oxygen atoms in total. The summed E-state index contributed by atoms with van der Waals surface area (Å²) in [6.45, 7) is 0.819. The first kappa shape index (κ1) is 14.4. The van der Waals surface area contributed by atoms with Crippen molar-refractivity contribution in [2.24, 2.45) is 5.92 Å². The maximum atomic E-state index is 11.2. The van der Waals surface area contributed by atoms with Crippen LogP contribution in [-0.2, 0) is 16.8 Å². The van der Waals surface area contributed by atoms with Gasteiger partial charge in [0.15, 0.2) is 6.23 Å². The molecule has 5 rings (SSSR count). The number of benzene rings is 1. The minimum Gasteiger partial charge on any atom is -0.385 e. The number of hydrogen-bond donors (Lipinski definition) is 1. The van der Waals surface area contributed by atoms with Crippen molar-refractivity contribution in [2.45, 2.75) is 56.8 Å². The lowest BCUT2D eigenvalue weighted by atomic mass is 9.90. The number of ether oxygens (including phenoxy) is 1. The highest BCUT2D eigenvalue weighted by Gasteiger charge is 2.50. The Hall–Kier alpha value is -0.910. The fourth-order valence-electron chi connectivity index (χ4n) is 4.43. The second-order valence-corrected chi connectivity index (χ2v) is 8.06. The molecule has 2 atom stereocenters. The summed E-state index contributed by atoms with van der Waals surface area (Å²) in [7, 11) is 0. The highest BCUT2D eigenvalue weighted by molar-refractivity contribution is 9.10. The number of nitrogens with zero attached hydrogens (tertiary/aromatic N) is 2. The second kappa shape index (κ2) is 5.04. The van der Waals surface area contributed by atoms with E-state index in [4.69, 9.17) is 4.74 Å². The Morgan fingerprint density at radius 1 is 1.30 bits per heavy atom. The van der Waals surface area contributed by atoms with Crippen molar-refractivity contribution in [3.8, 4) is 0 Å². The molecule has 3 aliphatic rings. The monoisotopic (exact) mass is 376 g/mol. The topological polar surface area (TPSA) is 47.3 Å². The van der Waals surface area contributed by atoms with Gasteiger partial charge in [0, 0.05) is 22.0 Å². The number of aromatic nitrogens is 2. The molecule has 2 fully saturated rings. The zero-order chi connectivity index (χ0) is 15.6. The van der Waals surface area contributed by atoms with Gasteiger partial charge >= 0.3 is 0 Å². The number of rotatable bonds is 2. The van der Waals surface area contributed by atoms with Crippen LogP contribution in [0, 0.1) is 5.92 Å². The first-order chi connectivity index (χ1) is 11.2. The van der Waals surface area contributed by atoms with Crippen LogP contribution >= 0.6 is 15.9 Å². The smallest absolute Gasteiger partial charge is 0.150 e. The highest BCUT2D eigenvalue weighted by Crippen LogP contribution is 2.55. The fourth-order valence-corrected chi connectivity index (χ4v) is 5.33. The maximum absolute atomic E-state index is 11.2. The van der Waals surface area contributed by atoms with Crippen LogP contribution in [0.2, 0.25) is 0 Å². The van der Waals surface area contributed by atoms with Crippen molar-refractivity contribution in [3.05, 3.63) is 27.9 Å². The van der Waals surface area contributed by atoms with Crippen LogP contribution in [-0.4, -0.2) is 21.5 Å². The molecule has 5 heteroatoms. The van der Waals surface area contributed by atoms with E-state index in [0.29, 0.717) is 5.92 Å². The molecule has 23 heavy (non-hydrogen) atoms. The largest absolute Gasteiger partial charge is 0.385 e. The molecule has 2 unspecified atom stereocenters. The molecule has 1 aromatic heterocycles. The molecule has 1 N–H and O–H groups in total. The number of hydrogen-bond acceptors (Lipinski definition) is 3. The Bertz CT molecular complexity index is 777. The molecule has 0 spiro atoms. The van der Waals surface area contributed by atoms with E-state index in [2.05, 4.69) is 27.1 Å². The van der Waals surface area contributed by atoms with Crippen LogP contribution in [0.1, 0.15) is 55.9 Å². The number of aliphatic hydroxyl groups is 1.